The highest BCUT2D eigenvalue weighted by atomic mass is 32.2. The molecule has 4 rings (SSSR count). The number of hydrogen-bond donors (Lipinski definition) is 1. The molecule has 0 aliphatic carbocycles. The Morgan fingerprint density at radius 3 is 2.31 bits per heavy atom. The number of sulfonamides is 1. The van der Waals surface area contributed by atoms with Crippen molar-refractivity contribution in [3.8, 4) is 11.5 Å². The first-order chi connectivity index (χ1) is 14.0. The first-order valence-corrected chi connectivity index (χ1v) is 10.9. The van der Waals surface area contributed by atoms with E-state index in [0.29, 0.717) is 35.7 Å². The molecule has 3 aromatic rings. The minimum atomic E-state index is -3.26. The van der Waals surface area contributed by atoms with E-state index in [4.69, 9.17) is 4.74 Å². The molecule has 1 heterocycles. The molecule has 7 heteroatoms. The van der Waals surface area contributed by atoms with Gasteiger partial charge >= 0.3 is 0 Å². The molecule has 1 aliphatic heterocycles. The number of benzene rings is 3. The second-order valence-corrected chi connectivity index (χ2v) is 8.70. The van der Waals surface area contributed by atoms with Gasteiger partial charge in [-0.3, -0.25) is 9.10 Å². The monoisotopic (exact) mass is 408 g/mol. The van der Waals surface area contributed by atoms with Crippen molar-refractivity contribution in [1.29, 1.82) is 0 Å². The van der Waals surface area contributed by atoms with Crippen molar-refractivity contribution >= 4 is 27.3 Å². The highest BCUT2D eigenvalue weighted by Crippen LogP contribution is 2.27. The van der Waals surface area contributed by atoms with E-state index in [2.05, 4.69) is 5.32 Å². The number of anilines is 2. The predicted molar refractivity (Wildman–Crippen MR) is 113 cm³/mol. The average Bonchev–Trinajstić information content (AvgIpc) is 3.08. The van der Waals surface area contributed by atoms with Crippen LogP contribution in [-0.4, -0.2) is 26.6 Å². The van der Waals surface area contributed by atoms with E-state index in [9.17, 15) is 13.2 Å². The molecule has 1 amide bonds. The fourth-order valence-electron chi connectivity index (χ4n) is 3.17. The van der Waals surface area contributed by atoms with Gasteiger partial charge in [0.05, 0.1) is 11.4 Å². The molecule has 3 aromatic carbocycles. The molecule has 6 nitrogen and oxygen atoms in total. The fourth-order valence-corrected chi connectivity index (χ4v) is 4.73. The van der Waals surface area contributed by atoms with Gasteiger partial charge in [-0.15, -0.1) is 0 Å². The van der Waals surface area contributed by atoms with E-state index in [0.717, 1.165) is 5.75 Å². The Morgan fingerprint density at radius 1 is 0.897 bits per heavy atom. The van der Waals surface area contributed by atoms with Gasteiger partial charge < -0.3 is 10.1 Å². The Balaban J connectivity index is 1.45. The number of nitrogens with zero attached hydrogens (tertiary/aromatic N) is 1. The van der Waals surface area contributed by atoms with E-state index in [1.54, 1.807) is 48.5 Å². The summed E-state index contributed by atoms with van der Waals surface area (Å²) in [6, 6.07) is 23.1. The average molecular weight is 408 g/mol. The van der Waals surface area contributed by atoms with Crippen LogP contribution in [0.5, 0.6) is 11.5 Å². The second-order valence-electron chi connectivity index (χ2n) is 6.69. The number of amides is 1. The van der Waals surface area contributed by atoms with Crippen molar-refractivity contribution in [2.24, 2.45) is 0 Å². The zero-order valence-corrected chi connectivity index (χ0v) is 16.4. The van der Waals surface area contributed by atoms with Gasteiger partial charge in [-0.25, -0.2) is 8.42 Å². The van der Waals surface area contributed by atoms with Crippen LogP contribution in [-0.2, 0) is 10.0 Å². The van der Waals surface area contributed by atoms with Crippen LogP contribution >= 0.6 is 0 Å². The lowest BCUT2D eigenvalue weighted by Crippen LogP contribution is -2.25. The lowest BCUT2D eigenvalue weighted by atomic mass is 10.2. The molecular weight excluding hydrogens is 388 g/mol. The van der Waals surface area contributed by atoms with E-state index in [-0.39, 0.29) is 11.7 Å². The summed E-state index contributed by atoms with van der Waals surface area (Å²) in [5.41, 5.74) is 1.58. The Bertz CT molecular complexity index is 1110. The van der Waals surface area contributed by atoms with Crippen molar-refractivity contribution in [3.05, 3.63) is 84.4 Å². The van der Waals surface area contributed by atoms with Crippen molar-refractivity contribution in [2.45, 2.75) is 6.42 Å². The maximum absolute atomic E-state index is 12.6. The minimum absolute atomic E-state index is 0.154. The van der Waals surface area contributed by atoms with Crippen molar-refractivity contribution < 1.29 is 17.9 Å². The van der Waals surface area contributed by atoms with Gasteiger partial charge in [0.1, 0.15) is 11.5 Å². The summed E-state index contributed by atoms with van der Waals surface area (Å²) in [6.07, 6.45) is 0.607. The maximum Gasteiger partial charge on any atom is 0.255 e. The molecule has 0 spiro atoms. The number of rotatable bonds is 5. The van der Waals surface area contributed by atoms with Crippen molar-refractivity contribution in [3.63, 3.8) is 0 Å². The molecule has 0 saturated carbocycles. The molecule has 1 saturated heterocycles. The highest BCUT2D eigenvalue weighted by molar-refractivity contribution is 7.93. The molecule has 1 aliphatic rings. The van der Waals surface area contributed by atoms with Crippen LogP contribution in [0.25, 0.3) is 0 Å². The lowest BCUT2D eigenvalue weighted by Gasteiger charge is -2.17. The summed E-state index contributed by atoms with van der Waals surface area (Å²) in [7, 11) is -3.26. The summed E-state index contributed by atoms with van der Waals surface area (Å²) in [4.78, 5) is 12.6. The molecule has 0 unspecified atom stereocenters. The molecule has 0 radical (unpaired) electrons. The van der Waals surface area contributed by atoms with Crippen LogP contribution in [0.1, 0.15) is 16.8 Å². The summed E-state index contributed by atoms with van der Waals surface area (Å²) < 4.78 is 31.3. The van der Waals surface area contributed by atoms with E-state index in [1.165, 1.54) is 4.31 Å². The van der Waals surface area contributed by atoms with Gasteiger partial charge in [-0.1, -0.05) is 24.3 Å². The topological polar surface area (TPSA) is 75.7 Å². The van der Waals surface area contributed by atoms with Crippen LogP contribution in [0.3, 0.4) is 0 Å². The Kier molecular flexibility index (Phi) is 5.22. The van der Waals surface area contributed by atoms with Crippen molar-refractivity contribution in [1.82, 2.24) is 0 Å². The number of ether oxygens (including phenoxy) is 1. The molecule has 148 valence electrons. The van der Waals surface area contributed by atoms with Crippen LogP contribution < -0.4 is 14.4 Å². The maximum atomic E-state index is 12.6. The molecule has 29 heavy (non-hydrogen) atoms. The van der Waals surface area contributed by atoms with Gasteiger partial charge in [-0.05, 0) is 61.0 Å². The standard InChI is InChI=1S/C22H20N2O4S/c25-22(17-10-12-21(13-11-17)28-20-8-2-1-3-9-20)23-18-6-4-7-19(16-18)24-14-5-15-29(24,26)27/h1-4,6-13,16H,5,14-15H2,(H,23,25). The summed E-state index contributed by atoms with van der Waals surface area (Å²) in [6.45, 7) is 0.461. The van der Waals surface area contributed by atoms with Gasteiger partial charge in [0.2, 0.25) is 10.0 Å². The molecule has 0 aromatic heterocycles. The van der Waals surface area contributed by atoms with Crippen LogP contribution in [0.2, 0.25) is 0 Å². The van der Waals surface area contributed by atoms with Crippen LogP contribution in [0.4, 0.5) is 11.4 Å². The second kappa shape index (κ2) is 7.97. The molecule has 0 bridgehead atoms. The van der Waals surface area contributed by atoms with E-state index < -0.39 is 10.0 Å². The highest BCUT2D eigenvalue weighted by Gasteiger charge is 2.28. The zero-order chi connectivity index (χ0) is 20.3. The first-order valence-electron chi connectivity index (χ1n) is 9.26. The largest absolute Gasteiger partial charge is 0.457 e. The van der Waals surface area contributed by atoms with Crippen LogP contribution in [0, 0.1) is 0 Å². The van der Waals surface area contributed by atoms with E-state index in [1.807, 2.05) is 30.3 Å². The van der Waals surface area contributed by atoms with Gasteiger partial charge in [0, 0.05) is 17.8 Å². The fraction of sp³-hybridized carbons (Fsp3) is 0.136. The minimum Gasteiger partial charge on any atom is -0.457 e. The Labute approximate surface area is 169 Å². The lowest BCUT2D eigenvalue weighted by molar-refractivity contribution is 0.102. The number of carbonyl (C=O) groups excluding carboxylic acids is 1. The molecular formula is C22H20N2O4S. The zero-order valence-electron chi connectivity index (χ0n) is 15.6. The number of hydrogen-bond acceptors (Lipinski definition) is 4. The summed E-state index contributed by atoms with van der Waals surface area (Å²) >= 11 is 0. The number of carbonyl (C=O) groups is 1. The predicted octanol–water partition coefficient (Wildman–Crippen LogP) is 4.27. The molecule has 0 atom stereocenters. The molecule has 1 fully saturated rings. The normalized spacial score (nSPS) is 15.1. The number of para-hydroxylation sites is 1. The van der Waals surface area contributed by atoms with Crippen LogP contribution in [0.15, 0.2) is 78.9 Å². The Morgan fingerprint density at radius 2 is 1.62 bits per heavy atom. The van der Waals surface area contributed by atoms with E-state index >= 15 is 0 Å². The van der Waals surface area contributed by atoms with Gasteiger partial charge in [0.15, 0.2) is 0 Å². The summed E-state index contributed by atoms with van der Waals surface area (Å²) in [5, 5.41) is 2.82. The van der Waals surface area contributed by atoms with Gasteiger partial charge in [0.25, 0.3) is 5.91 Å². The third-order valence-electron chi connectivity index (χ3n) is 4.59. The quantitative estimate of drug-likeness (QED) is 0.684. The smallest absolute Gasteiger partial charge is 0.255 e. The van der Waals surface area contributed by atoms with Crippen molar-refractivity contribution in [2.75, 3.05) is 21.9 Å². The first kappa shape index (κ1) is 19.0. The third-order valence-corrected chi connectivity index (χ3v) is 6.46. The third kappa shape index (κ3) is 4.41. The Hall–Kier alpha value is -3.32. The number of nitrogens with one attached hydrogen (secondary N) is 1. The molecule has 1 N–H and O–H groups in total. The SMILES string of the molecule is O=C(Nc1cccc(N2CCCS2(=O)=O)c1)c1ccc(Oc2ccccc2)cc1. The van der Waals surface area contributed by atoms with Gasteiger partial charge in [-0.2, -0.15) is 0 Å². The summed E-state index contributed by atoms with van der Waals surface area (Å²) in [5.74, 6) is 1.23.